The van der Waals surface area contributed by atoms with E-state index >= 15 is 0 Å². The molecule has 0 aliphatic heterocycles. The van der Waals surface area contributed by atoms with Gasteiger partial charge in [0.2, 0.25) is 0 Å². The number of rotatable bonds is 5. The molecule has 0 spiro atoms. The number of nitrogens with one attached hydrogen (secondary N) is 1. The van der Waals surface area contributed by atoms with Crippen LogP contribution < -0.4 is 5.32 Å². The van der Waals surface area contributed by atoms with Crippen LogP contribution in [0, 0.1) is 0 Å². The number of benzene rings is 1. The Kier molecular flexibility index (Phi) is 6.02. The molecule has 2 rings (SSSR count). The Morgan fingerprint density at radius 3 is 2.70 bits per heavy atom. The molecule has 106 valence electrons. The lowest BCUT2D eigenvalue weighted by Crippen LogP contribution is -2.23. The van der Waals surface area contributed by atoms with Gasteiger partial charge in [0, 0.05) is 27.4 Å². The van der Waals surface area contributed by atoms with Crippen LogP contribution in [0.4, 0.5) is 0 Å². The van der Waals surface area contributed by atoms with E-state index in [2.05, 4.69) is 61.2 Å². The van der Waals surface area contributed by atoms with Gasteiger partial charge in [-0.2, -0.15) is 0 Å². The Morgan fingerprint density at radius 2 is 2.05 bits per heavy atom. The van der Waals surface area contributed by atoms with Crippen molar-refractivity contribution in [3.05, 3.63) is 61.8 Å². The summed E-state index contributed by atoms with van der Waals surface area (Å²) in [5, 5.41) is 4.23. The summed E-state index contributed by atoms with van der Waals surface area (Å²) in [6, 6.07) is 8.40. The zero-order valence-electron chi connectivity index (χ0n) is 11.0. The summed E-state index contributed by atoms with van der Waals surface area (Å²) in [6.45, 7) is 3.01. The molecule has 1 N–H and O–H groups in total. The van der Waals surface area contributed by atoms with Gasteiger partial charge in [-0.25, -0.2) is 0 Å². The molecule has 0 saturated carbocycles. The highest BCUT2D eigenvalue weighted by molar-refractivity contribution is 9.10. The predicted molar refractivity (Wildman–Crippen MR) is 91.2 cm³/mol. The lowest BCUT2D eigenvalue weighted by atomic mass is 10.00. The van der Waals surface area contributed by atoms with E-state index in [1.165, 1.54) is 11.1 Å². The molecule has 1 aromatic heterocycles. The van der Waals surface area contributed by atoms with E-state index in [-0.39, 0.29) is 6.04 Å². The maximum atomic E-state index is 6.19. The molecule has 1 heterocycles. The molecule has 0 aliphatic carbocycles. The first-order valence-corrected chi connectivity index (χ1v) is 8.34. The van der Waals surface area contributed by atoms with E-state index in [1.807, 2.05) is 18.3 Å². The SMILES string of the molecule is CCNC(Cc1cncc(Br)c1)c1ccc(Br)c(Cl)c1. The molecule has 2 nitrogen and oxygen atoms in total. The Labute approximate surface area is 141 Å². The van der Waals surface area contributed by atoms with Crippen molar-refractivity contribution in [2.45, 2.75) is 19.4 Å². The van der Waals surface area contributed by atoms with Gasteiger partial charge in [-0.1, -0.05) is 24.6 Å². The monoisotopic (exact) mass is 416 g/mol. The average molecular weight is 419 g/mol. The maximum absolute atomic E-state index is 6.19. The number of aromatic nitrogens is 1. The van der Waals surface area contributed by atoms with Gasteiger partial charge in [-0.15, -0.1) is 0 Å². The number of nitrogens with zero attached hydrogens (tertiary/aromatic N) is 1. The summed E-state index contributed by atoms with van der Waals surface area (Å²) in [5.74, 6) is 0. The van der Waals surface area contributed by atoms with Crippen LogP contribution in [0.5, 0.6) is 0 Å². The Balaban J connectivity index is 2.24. The summed E-state index contributed by atoms with van der Waals surface area (Å²) in [5.41, 5.74) is 2.37. The molecule has 0 amide bonds. The standard InChI is InChI=1S/C15H15Br2ClN2/c1-2-20-15(6-10-5-12(16)9-19-8-10)11-3-4-13(17)14(18)7-11/h3-5,7-9,15,20H,2,6H2,1H3. The predicted octanol–water partition coefficient (Wildman–Crippen LogP) is 5.15. The van der Waals surface area contributed by atoms with Gasteiger partial charge in [0.25, 0.3) is 0 Å². The van der Waals surface area contributed by atoms with E-state index in [1.54, 1.807) is 6.20 Å². The smallest absolute Gasteiger partial charge is 0.0551 e. The normalized spacial score (nSPS) is 12.4. The molecule has 0 aliphatic rings. The second-order valence-corrected chi connectivity index (χ2v) is 6.68. The van der Waals surface area contributed by atoms with Gasteiger partial charge in [0.15, 0.2) is 0 Å². The van der Waals surface area contributed by atoms with Gasteiger partial charge < -0.3 is 5.32 Å². The molecule has 1 aromatic carbocycles. The minimum Gasteiger partial charge on any atom is -0.310 e. The molecule has 0 radical (unpaired) electrons. The summed E-state index contributed by atoms with van der Waals surface area (Å²) < 4.78 is 1.92. The van der Waals surface area contributed by atoms with Gasteiger partial charge in [0.05, 0.1) is 5.02 Å². The van der Waals surface area contributed by atoms with Crippen molar-refractivity contribution in [1.29, 1.82) is 0 Å². The number of halogens is 3. The number of hydrogen-bond donors (Lipinski definition) is 1. The molecular weight excluding hydrogens is 403 g/mol. The minimum atomic E-state index is 0.224. The highest BCUT2D eigenvalue weighted by atomic mass is 79.9. The van der Waals surface area contributed by atoms with Crippen LogP contribution in [0.25, 0.3) is 0 Å². The van der Waals surface area contributed by atoms with E-state index in [4.69, 9.17) is 11.6 Å². The van der Waals surface area contributed by atoms with Crippen molar-refractivity contribution in [2.24, 2.45) is 0 Å². The summed E-state index contributed by atoms with van der Waals surface area (Å²) in [7, 11) is 0. The average Bonchev–Trinajstić information content (AvgIpc) is 2.41. The Bertz CT molecular complexity index is 590. The Morgan fingerprint density at radius 1 is 1.25 bits per heavy atom. The minimum absolute atomic E-state index is 0.224. The van der Waals surface area contributed by atoms with E-state index < -0.39 is 0 Å². The number of likely N-dealkylation sites (N-methyl/N-ethyl adjacent to an activating group) is 1. The van der Waals surface area contributed by atoms with Crippen molar-refractivity contribution >= 4 is 43.5 Å². The highest BCUT2D eigenvalue weighted by Gasteiger charge is 2.13. The zero-order valence-corrected chi connectivity index (χ0v) is 15.0. The van der Waals surface area contributed by atoms with E-state index in [9.17, 15) is 0 Å². The van der Waals surface area contributed by atoms with Crippen LogP contribution in [0.3, 0.4) is 0 Å². The largest absolute Gasteiger partial charge is 0.310 e. The lowest BCUT2D eigenvalue weighted by molar-refractivity contribution is 0.549. The van der Waals surface area contributed by atoms with Crippen LogP contribution in [0.1, 0.15) is 24.1 Å². The van der Waals surface area contributed by atoms with Crippen molar-refractivity contribution in [3.8, 4) is 0 Å². The Hall–Kier alpha value is -0.420. The van der Waals surface area contributed by atoms with Crippen LogP contribution in [-0.4, -0.2) is 11.5 Å². The third kappa shape index (κ3) is 4.29. The summed E-state index contributed by atoms with van der Waals surface area (Å²) in [6.07, 6.45) is 4.57. The fourth-order valence-electron chi connectivity index (χ4n) is 2.09. The number of hydrogen-bond acceptors (Lipinski definition) is 2. The van der Waals surface area contributed by atoms with Crippen LogP contribution >= 0.6 is 43.5 Å². The fourth-order valence-corrected chi connectivity index (χ4v) is 2.93. The zero-order chi connectivity index (χ0) is 14.5. The maximum Gasteiger partial charge on any atom is 0.0551 e. The molecule has 1 atom stereocenters. The molecule has 5 heteroatoms. The van der Waals surface area contributed by atoms with E-state index in [0.717, 1.165) is 26.9 Å². The highest BCUT2D eigenvalue weighted by Crippen LogP contribution is 2.27. The topological polar surface area (TPSA) is 24.9 Å². The molecule has 0 saturated heterocycles. The van der Waals surface area contributed by atoms with Crippen molar-refractivity contribution in [1.82, 2.24) is 10.3 Å². The quantitative estimate of drug-likeness (QED) is 0.726. The van der Waals surface area contributed by atoms with Crippen LogP contribution in [-0.2, 0) is 6.42 Å². The molecular formula is C15H15Br2ClN2. The first-order valence-electron chi connectivity index (χ1n) is 6.38. The van der Waals surface area contributed by atoms with E-state index in [0.29, 0.717) is 0 Å². The molecule has 0 bridgehead atoms. The van der Waals surface area contributed by atoms with Gasteiger partial charge in [0.1, 0.15) is 0 Å². The summed E-state index contributed by atoms with van der Waals surface area (Å²) in [4.78, 5) is 4.21. The van der Waals surface area contributed by atoms with Gasteiger partial charge in [-0.05, 0) is 74.2 Å². The van der Waals surface area contributed by atoms with Crippen LogP contribution in [0.2, 0.25) is 5.02 Å². The van der Waals surface area contributed by atoms with Crippen molar-refractivity contribution in [2.75, 3.05) is 6.54 Å². The fraction of sp³-hybridized carbons (Fsp3) is 0.267. The lowest BCUT2D eigenvalue weighted by Gasteiger charge is -2.19. The van der Waals surface area contributed by atoms with Gasteiger partial charge in [-0.3, -0.25) is 4.98 Å². The molecule has 0 fully saturated rings. The van der Waals surface area contributed by atoms with Crippen molar-refractivity contribution in [3.63, 3.8) is 0 Å². The third-order valence-corrected chi connectivity index (χ3v) is 4.66. The molecule has 20 heavy (non-hydrogen) atoms. The number of pyridine rings is 1. The first-order chi connectivity index (χ1) is 9.60. The third-order valence-electron chi connectivity index (χ3n) is 3.00. The second-order valence-electron chi connectivity index (χ2n) is 4.50. The van der Waals surface area contributed by atoms with Crippen molar-refractivity contribution < 1.29 is 0 Å². The first kappa shape index (κ1) is 16.0. The summed E-state index contributed by atoms with van der Waals surface area (Å²) >= 11 is 13.1. The molecule has 2 aromatic rings. The van der Waals surface area contributed by atoms with Gasteiger partial charge >= 0.3 is 0 Å². The second kappa shape index (κ2) is 7.55. The van der Waals surface area contributed by atoms with Crippen LogP contribution in [0.15, 0.2) is 45.6 Å². The molecule has 1 unspecified atom stereocenters.